The highest BCUT2D eigenvalue weighted by Crippen LogP contribution is 2.15. The maximum absolute atomic E-state index is 12.4. The Labute approximate surface area is 124 Å². The van der Waals surface area contributed by atoms with Crippen molar-refractivity contribution in [2.75, 3.05) is 26.3 Å². The normalized spacial score (nSPS) is 17.7. The predicted molar refractivity (Wildman–Crippen MR) is 74.8 cm³/mol. The molecule has 1 fully saturated rings. The largest absolute Gasteiger partial charge is 0.466 e. The highest BCUT2D eigenvalue weighted by atomic mass is 16.5. The Hall–Kier alpha value is -1.82. The SMILES string of the molecule is CCOC(=O)CCN(CC1CCCO1)C(=O)c1ccco1. The number of nitrogens with zero attached hydrogens (tertiary/aromatic N) is 1. The monoisotopic (exact) mass is 295 g/mol. The average Bonchev–Trinajstić information content (AvgIpc) is 3.16. The lowest BCUT2D eigenvalue weighted by Crippen LogP contribution is -2.38. The van der Waals surface area contributed by atoms with Crippen LogP contribution in [-0.2, 0) is 14.3 Å². The molecule has 1 unspecified atom stereocenters. The second kappa shape index (κ2) is 7.83. The fraction of sp³-hybridized carbons (Fsp3) is 0.600. The fourth-order valence-electron chi connectivity index (χ4n) is 2.33. The summed E-state index contributed by atoms with van der Waals surface area (Å²) in [6.07, 6.45) is 3.61. The minimum Gasteiger partial charge on any atom is -0.466 e. The van der Waals surface area contributed by atoms with Gasteiger partial charge in [0, 0.05) is 19.7 Å². The zero-order valence-corrected chi connectivity index (χ0v) is 12.2. The molecule has 2 heterocycles. The molecular formula is C15H21NO5. The number of hydrogen-bond acceptors (Lipinski definition) is 5. The summed E-state index contributed by atoms with van der Waals surface area (Å²) < 4.78 is 15.6. The topological polar surface area (TPSA) is 69.0 Å². The van der Waals surface area contributed by atoms with E-state index in [1.54, 1.807) is 24.0 Å². The molecule has 1 amide bonds. The predicted octanol–water partition coefficient (Wildman–Crippen LogP) is 1.85. The molecule has 116 valence electrons. The average molecular weight is 295 g/mol. The summed E-state index contributed by atoms with van der Waals surface area (Å²) in [7, 11) is 0. The van der Waals surface area contributed by atoms with Crippen LogP contribution in [0.2, 0.25) is 0 Å². The lowest BCUT2D eigenvalue weighted by molar-refractivity contribution is -0.143. The third kappa shape index (κ3) is 4.60. The van der Waals surface area contributed by atoms with Crippen molar-refractivity contribution in [1.82, 2.24) is 4.90 Å². The molecule has 0 aromatic carbocycles. The summed E-state index contributed by atoms with van der Waals surface area (Å²) in [5.74, 6) is -0.251. The first-order valence-corrected chi connectivity index (χ1v) is 7.30. The van der Waals surface area contributed by atoms with E-state index in [0.717, 1.165) is 19.4 Å². The van der Waals surface area contributed by atoms with Crippen LogP contribution in [0.5, 0.6) is 0 Å². The highest BCUT2D eigenvalue weighted by molar-refractivity contribution is 5.91. The molecule has 6 heteroatoms. The maximum Gasteiger partial charge on any atom is 0.307 e. The molecule has 1 atom stereocenters. The van der Waals surface area contributed by atoms with Gasteiger partial charge in [-0.2, -0.15) is 0 Å². The molecule has 1 aromatic rings. The van der Waals surface area contributed by atoms with Crippen LogP contribution in [0.15, 0.2) is 22.8 Å². The van der Waals surface area contributed by atoms with Crippen molar-refractivity contribution in [3.05, 3.63) is 24.2 Å². The Morgan fingerprint density at radius 3 is 2.95 bits per heavy atom. The van der Waals surface area contributed by atoms with Gasteiger partial charge < -0.3 is 18.8 Å². The number of rotatable bonds is 7. The first-order chi connectivity index (χ1) is 10.2. The molecule has 0 saturated carbocycles. The summed E-state index contributed by atoms with van der Waals surface area (Å²) in [4.78, 5) is 25.5. The van der Waals surface area contributed by atoms with Crippen molar-refractivity contribution < 1.29 is 23.5 Å². The highest BCUT2D eigenvalue weighted by Gasteiger charge is 2.25. The molecule has 6 nitrogen and oxygen atoms in total. The Morgan fingerprint density at radius 1 is 1.48 bits per heavy atom. The van der Waals surface area contributed by atoms with Gasteiger partial charge in [0.2, 0.25) is 0 Å². The summed E-state index contributed by atoms with van der Waals surface area (Å²) in [6.45, 7) is 3.61. The van der Waals surface area contributed by atoms with E-state index < -0.39 is 0 Å². The molecule has 1 aromatic heterocycles. The van der Waals surface area contributed by atoms with Crippen LogP contribution in [0, 0.1) is 0 Å². The van der Waals surface area contributed by atoms with Gasteiger partial charge in [0.25, 0.3) is 5.91 Å². The Kier molecular flexibility index (Phi) is 5.80. The molecule has 1 saturated heterocycles. The number of hydrogen-bond donors (Lipinski definition) is 0. The lowest BCUT2D eigenvalue weighted by atomic mass is 10.2. The second-order valence-corrected chi connectivity index (χ2v) is 4.92. The van der Waals surface area contributed by atoms with Gasteiger partial charge in [0.05, 0.1) is 25.4 Å². The summed E-state index contributed by atoms with van der Waals surface area (Å²) in [5, 5.41) is 0. The van der Waals surface area contributed by atoms with Crippen molar-refractivity contribution in [1.29, 1.82) is 0 Å². The quantitative estimate of drug-likeness (QED) is 0.718. The zero-order valence-electron chi connectivity index (χ0n) is 12.2. The van der Waals surface area contributed by atoms with Gasteiger partial charge in [-0.25, -0.2) is 0 Å². The number of carbonyl (C=O) groups is 2. The standard InChI is InChI=1S/C15H21NO5/c1-2-19-14(17)7-8-16(11-12-5-3-9-20-12)15(18)13-6-4-10-21-13/h4,6,10,12H,2-3,5,7-9,11H2,1H3. The lowest BCUT2D eigenvalue weighted by Gasteiger charge is -2.24. The molecule has 2 rings (SSSR count). The van der Waals surface area contributed by atoms with Gasteiger partial charge in [0.1, 0.15) is 0 Å². The van der Waals surface area contributed by atoms with Crippen LogP contribution in [-0.4, -0.2) is 49.2 Å². The maximum atomic E-state index is 12.4. The summed E-state index contributed by atoms with van der Waals surface area (Å²) in [5.41, 5.74) is 0. The van der Waals surface area contributed by atoms with Crippen molar-refractivity contribution in [3.8, 4) is 0 Å². The minimum atomic E-state index is -0.304. The van der Waals surface area contributed by atoms with E-state index in [4.69, 9.17) is 13.9 Å². The first-order valence-electron chi connectivity index (χ1n) is 7.30. The van der Waals surface area contributed by atoms with Crippen LogP contribution in [0.25, 0.3) is 0 Å². The Bertz CT molecular complexity index is 451. The van der Waals surface area contributed by atoms with Crippen LogP contribution in [0.4, 0.5) is 0 Å². The number of esters is 1. The van der Waals surface area contributed by atoms with Gasteiger partial charge >= 0.3 is 5.97 Å². The van der Waals surface area contributed by atoms with Crippen molar-refractivity contribution in [2.24, 2.45) is 0 Å². The van der Waals surface area contributed by atoms with Crippen molar-refractivity contribution in [2.45, 2.75) is 32.3 Å². The van der Waals surface area contributed by atoms with E-state index in [2.05, 4.69) is 0 Å². The van der Waals surface area contributed by atoms with Crippen LogP contribution in [0.3, 0.4) is 0 Å². The molecule has 0 radical (unpaired) electrons. The molecule has 1 aliphatic rings. The van der Waals surface area contributed by atoms with Crippen LogP contribution < -0.4 is 0 Å². The van der Waals surface area contributed by atoms with Gasteiger partial charge in [-0.1, -0.05) is 0 Å². The molecule has 0 aliphatic carbocycles. The van der Waals surface area contributed by atoms with Crippen LogP contribution in [0.1, 0.15) is 36.7 Å². The first kappa shape index (κ1) is 15.6. The van der Waals surface area contributed by atoms with E-state index >= 15 is 0 Å². The Balaban J connectivity index is 1.95. The number of furan rings is 1. The van der Waals surface area contributed by atoms with Gasteiger partial charge in [-0.15, -0.1) is 0 Å². The van der Waals surface area contributed by atoms with E-state index in [0.29, 0.717) is 19.7 Å². The number of ether oxygens (including phenoxy) is 2. The van der Waals surface area contributed by atoms with E-state index in [-0.39, 0.29) is 30.2 Å². The summed E-state index contributed by atoms with van der Waals surface area (Å²) in [6, 6.07) is 3.29. The molecule has 21 heavy (non-hydrogen) atoms. The van der Waals surface area contributed by atoms with Gasteiger partial charge in [-0.05, 0) is 31.9 Å². The molecular weight excluding hydrogens is 274 g/mol. The van der Waals surface area contributed by atoms with Crippen molar-refractivity contribution >= 4 is 11.9 Å². The summed E-state index contributed by atoms with van der Waals surface area (Å²) >= 11 is 0. The van der Waals surface area contributed by atoms with E-state index in [1.807, 2.05) is 0 Å². The third-order valence-electron chi connectivity index (χ3n) is 3.36. The van der Waals surface area contributed by atoms with E-state index in [9.17, 15) is 9.59 Å². The van der Waals surface area contributed by atoms with Gasteiger partial charge in [0.15, 0.2) is 5.76 Å². The molecule has 1 aliphatic heterocycles. The van der Waals surface area contributed by atoms with Crippen LogP contribution >= 0.6 is 0 Å². The molecule has 0 spiro atoms. The zero-order chi connectivity index (χ0) is 15.1. The number of carbonyl (C=O) groups excluding carboxylic acids is 2. The fourth-order valence-corrected chi connectivity index (χ4v) is 2.33. The second-order valence-electron chi connectivity index (χ2n) is 4.92. The minimum absolute atomic E-state index is 0.0334. The molecule has 0 bridgehead atoms. The van der Waals surface area contributed by atoms with E-state index in [1.165, 1.54) is 6.26 Å². The van der Waals surface area contributed by atoms with Gasteiger partial charge in [-0.3, -0.25) is 9.59 Å². The van der Waals surface area contributed by atoms with Crippen molar-refractivity contribution in [3.63, 3.8) is 0 Å². The molecule has 0 N–H and O–H groups in total. The number of amides is 1. The Morgan fingerprint density at radius 2 is 2.33 bits per heavy atom. The smallest absolute Gasteiger partial charge is 0.307 e. The third-order valence-corrected chi connectivity index (χ3v) is 3.36.